The van der Waals surface area contributed by atoms with Crippen LogP contribution >= 0.6 is 0 Å². The molecule has 0 unspecified atom stereocenters. The molecule has 2 aromatic rings. The van der Waals surface area contributed by atoms with E-state index in [4.69, 9.17) is 0 Å². The summed E-state index contributed by atoms with van der Waals surface area (Å²) in [6.45, 7) is 0. The number of benzene rings is 1. The molecule has 1 heterocycles. The molecule has 2 rings (SSSR count). The maximum atomic E-state index is 12.1. The van der Waals surface area contributed by atoms with Crippen LogP contribution in [0.3, 0.4) is 0 Å². The molecule has 2 N–H and O–H groups in total. The zero-order valence-electron chi connectivity index (χ0n) is 9.81. The van der Waals surface area contributed by atoms with Gasteiger partial charge in [-0.2, -0.15) is 5.21 Å². The summed E-state index contributed by atoms with van der Waals surface area (Å²) in [6, 6.07) is 4.94. The minimum absolute atomic E-state index is 0.152. The van der Waals surface area contributed by atoms with Crippen molar-refractivity contribution < 1.29 is 22.7 Å². The highest BCUT2D eigenvalue weighted by molar-refractivity contribution is 5.91. The zero-order chi connectivity index (χ0) is 14.6. The Morgan fingerprint density at radius 3 is 2.85 bits per heavy atom. The Balaban J connectivity index is 1.99. The van der Waals surface area contributed by atoms with Crippen LogP contribution in [0.25, 0.3) is 0 Å². The van der Waals surface area contributed by atoms with E-state index >= 15 is 0 Å². The van der Waals surface area contributed by atoms with Crippen molar-refractivity contribution in [2.45, 2.75) is 12.8 Å². The van der Waals surface area contributed by atoms with E-state index in [-0.39, 0.29) is 17.9 Å². The first-order valence-electron chi connectivity index (χ1n) is 5.30. The maximum absolute atomic E-state index is 12.1. The number of amides is 1. The zero-order valence-corrected chi connectivity index (χ0v) is 9.81. The van der Waals surface area contributed by atoms with Gasteiger partial charge in [0.25, 0.3) is 0 Å². The number of alkyl halides is 3. The Kier molecular flexibility index (Phi) is 3.82. The lowest BCUT2D eigenvalue weighted by atomic mass is 10.3. The Labute approximate surface area is 110 Å². The van der Waals surface area contributed by atoms with Crippen LogP contribution in [0.5, 0.6) is 5.75 Å². The average Bonchev–Trinajstić information content (AvgIpc) is 2.79. The molecule has 0 atom stereocenters. The minimum atomic E-state index is -4.78. The second kappa shape index (κ2) is 5.55. The van der Waals surface area contributed by atoms with Crippen molar-refractivity contribution in [3.8, 4) is 5.75 Å². The molecule has 0 saturated carbocycles. The number of halogens is 3. The van der Waals surface area contributed by atoms with Crippen molar-refractivity contribution >= 4 is 11.6 Å². The third-order valence-corrected chi connectivity index (χ3v) is 2.06. The van der Waals surface area contributed by atoms with Gasteiger partial charge in [-0.15, -0.1) is 23.4 Å². The molecule has 1 aromatic carbocycles. The second-order valence-electron chi connectivity index (χ2n) is 3.63. The van der Waals surface area contributed by atoms with Crippen molar-refractivity contribution in [1.29, 1.82) is 0 Å². The van der Waals surface area contributed by atoms with Gasteiger partial charge in [0.15, 0.2) is 5.82 Å². The van der Waals surface area contributed by atoms with E-state index in [0.717, 1.165) is 12.1 Å². The number of aromatic amines is 1. The largest absolute Gasteiger partial charge is 0.573 e. The van der Waals surface area contributed by atoms with Crippen LogP contribution in [0, 0.1) is 0 Å². The molecule has 0 fully saturated rings. The molecule has 0 radical (unpaired) electrons. The molecule has 0 aliphatic rings. The van der Waals surface area contributed by atoms with Gasteiger partial charge in [-0.05, 0) is 12.1 Å². The third-order valence-electron chi connectivity index (χ3n) is 2.06. The highest BCUT2D eigenvalue weighted by atomic mass is 19.4. The number of rotatable bonds is 4. The summed E-state index contributed by atoms with van der Waals surface area (Å²) in [7, 11) is 0. The number of hydrogen-bond acceptors (Lipinski definition) is 5. The molecule has 7 nitrogen and oxygen atoms in total. The lowest BCUT2D eigenvalue weighted by Crippen LogP contribution is -2.18. The quantitative estimate of drug-likeness (QED) is 0.883. The average molecular weight is 287 g/mol. The highest BCUT2D eigenvalue weighted by Gasteiger charge is 2.31. The smallest absolute Gasteiger partial charge is 0.406 e. The standard InChI is InChI=1S/C10H8F3N5O2/c11-10(12,13)20-7-3-1-2-6(4-7)14-9(19)5-8-15-17-18-16-8/h1-4H,5H2,(H,14,19)(H,15,16,17,18). The number of hydrogen-bond donors (Lipinski definition) is 2. The number of nitrogens with one attached hydrogen (secondary N) is 2. The fourth-order valence-corrected chi connectivity index (χ4v) is 1.38. The molecule has 1 amide bonds. The van der Waals surface area contributed by atoms with E-state index < -0.39 is 18.0 Å². The van der Waals surface area contributed by atoms with Gasteiger partial charge in [0.2, 0.25) is 5.91 Å². The van der Waals surface area contributed by atoms with Gasteiger partial charge in [-0.3, -0.25) is 4.79 Å². The van der Waals surface area contributed by atoms with Crippen molar-refractivity contribution in [2.75, 3.05) is 5.32 Å². The van der Waals surface area contributed by atoms with Crippen LogP contribution in [-0.2, 0) is 11.2 Å². The maximum Gasteiger partial charge on any atom is 0.573 e. The third kappa shape index (κ3) is 4.23. The van der Waals surface area contributed by atoms with Crippen LogP contribution in [-0.4, -0.2) is 32.9 Å². The molecule has 0 aliphatic heterocycles. The summed E-state index contributed by atoms with van der Waals surface area (Å²) in [5.41, 5.74) is 0.167. The summed E-state index contributed by atoms with van der Waals surface area (Å²) >= 11 is 0. The second-order valence-corrected chi connectivity index (χ2v) is 3.63. The molecule has 0 aliphatic carbocycles. The van der Waals surface area contributed by atoms with Gasteiger partial charge in [0.05, 0.1) is 6.42 Å². The SMILES string of the molecule is O=C(Cc1nn[nH]n1)Nc1cccc(OC(F)(F)F)c1. The number of carbonyl (C=O) groups is 1. The van der Waals surface area contributed by atoms with Crippen LogP contribution in [0.4, 0.5) is 18.9 Å². The van der Waals surface area contributed by atoms with Gasteiger partial charge in [0, 0.05) is 11.8 Å². The van der Waals surface area contributed by atoms with E-state index in [2.05, 4.69) is 30.7 Å². The topological polar surface area (TPSA) is 92.8 Å². The summed E-state index contributed by atoms with van der Waals surface area (Å²) in [5.74, 6) is -0.740. The number of nitrogens with zero attached hydrogens (tertiary/aromatic N) is 3. The van der Waals surface area contributed by atoms with Crippen molar-refractivity contribution in [3.05, 3.63) is 30.1 Å². The lowest BCUT2D eigenvalue weighted by Gasteiger charge is -2.10. The van der Waals surface area contributed by atoms with Gasteiger partial charge < -0.3 is 10.1 Å². The normalized spacial score (nSPS) is 11.2. The van der Waals surface area contributed by atoms with Crippen molar-refractivity contribution in [3.63, 3.8) is 0 Å². The van der Waals surface area contributed by atoms with Crippen molar-refractivity contribution in [2.24, 2.45) is 0 Å². The van der Waals surface area contributed by atoms with Crippen LogP contribution < -0.4 is 10.1 Å². The number of aromatic nitrogens is 4. The Bertz CT molecular complexity index is 585. The summed E-state index contributed by atoms with van der Waals surface area (Å²) in [5, 5.41) is 15.0. The number of H-pyrrole nitrogens is 1. The first-order valence-corrected chi connectivity index (χ1v) is 5.30. The molecule has 106 valence electrons. The fourth-order valence-electron chi connectivity index (χ4n) is 1.38. The van der Waals surface area contributed by atoms with Gasteiger partial charge in [0.1, 0.15) is 5.75 Å². The minimum Gasteiger partial charge on any atom is -0.406 e. The Morgan fingerprint density at radius 2 is 2.20 bits per heavy atom. The molecular formula is C10H8F3N5O2. The molecule has 0 bridgehead atoms. The van der Waals surface area contributed by atoms with Crippen molar-refractivity contribution in [1.82, 2.24) is 20.6 Å². The molecule has 0 spiro atoms. The van der Waals surface area contributed by atoms with Gasteiger partial charge in [-0.1, -0.05) is 11.3 Å². The van der Waals surface area contributed by atoms with E-state index in [1.807, 2.05) is 0 Å². The molecular weight excluding hydrogens is 279 g/mol. The predicted molar refractivity (Wildman–Crippen MR) is 59.6 cm³/mol. The fraction of sp³-hybridized carbons (Fsp3) is 0.200. The van der Waals surface area contributed by atoms with Gasteiger partial charge in [-0.25, -0.2) is 0 Å². The monoisotopic (exact) mass is 287 g/mol. The van der Waals surface area contributed by atoms with Crippen LogP contribution in [0.15, 0.2) is 24.3 Å². The van der Waals surface area contributed by atoms with E-state index in [1.54, 1.807) is 0 Å². The summed E-state index contributed by atoms with van der Waals surface area (Å²) < 4.78 is 39.9. The number of carbonyl (C=O) groups excluding carboxylic acids is 1. The van der Waals surface area contributed by atoms with Gasteiger partial charge >= 0.3 is 6.36 Å². The molecule has 1 aromatic heterocycles. The molecule has 10 heteroatoms. The van der Waals surface area contributed by atoms with Crippen LogP contribution in [0.1, 0.15) is 5.82 Å². The summed E-state index contributed by atoms with van der Waals surface area (Å²) in [4.78, 5) is 11.6. The predicted octanol–water partition coefficient (Wildman–Crippen LogP) is 1.28. The highest BCUT2D eigenvalue weighted by Crippen LogP contribution is 2.24. The van der Waals surface area contributed by atoms with E-state index in [0.29, 0.717) is 0 Å². The summed E-state index contributed by atoms with van der Waals surface area (Å²) in [6.07, 6.45) is -4.94. The molecule has 0 saturated heterocycles. The number of anilines is 1. The van der Waals surface area contributed by atoms with Crippen LogP contribution in [0.2, 0.25) is 0 Å². The number of tetrazole rings is 1. The number of ether oxygens (including phenoxy) is 1. The Morgan fingerprint density at radius 1 is 1.40 bits per heavy atom. The first-order chi connectivity index (χ1) is 9.42. The van der Waals surface area contributed by atoms with E-state index in [1.165, 1.54) is 12.1 Å². The first kappa shape index (κ1) is 13.8. The lowest BCUT2D eigenvalue weighted by molar-refractivity contribution is -0.274. The van der Waals surface area contributed by atoms with E-state index in [9.17, 15) is 18.0 Å². The molecule has 20 heavy (non-hydrogen) atoms. The Hall–Kier alpha value is -2.65.